The number of aromatic hydroxyl groups is 1. The molecule has 0 amide bonds. The molecule has 3 N–H and O–H groups in total. The highest BCUT2D eigenvalue weighted by Gasteiger charge is 2.09. The number of ether oxygens (including phenoxy) is 1. The highest BCUT2D eigenvalue weighted by atomic mass is 19.1. The summed E-state index contributed by atoms with van der Waals surface area (Å²) in [5.41, 5.74) is 0.181. The Bertz CT molecular complexity index is 304. The van der Waals surface area contributed by atoms with E-state index in [4.69, 9.17) is 10.6 Å². The van der Waals surface area contributed by atoms with Gasteiger partial charge in [-0.15, -0.1) is 0 Å². The molecule has 1 aromatic carbocycles. The summed E-state index contributed by atoms with van der Waals surface area (Å²) in [6, 6.07) is 2.28. The van der Waals surface area contributed by atoms with Gasteiger partial charge in [0, 0.05) is 11.6 Å². The van der Waals surface area contributed by atoms with E-state index in [-0.39, 0.29) is 23.7 Å². The molecule has 0 fully saturated rings. The Kier molecular flexibility index (Phi) is 3.05. The fraction of sp³-hybridized carbons (Fsp3) is 0.250. The van der Waals surface area contributed by atoms with Crippen molar-refractivity contribution in [2.24, 2.45) is 5.90 Å². The van der Waals surface area contributed by atoms with E-state index in [1.807, 2.05) is 0 Å². The molecule has 0 saturated carbocycles. The van der Waals surface area contributed by atoms with Gasteiger partial charge >= 0.3 is 0 Å². The molecule has 0 aliphatic carbocycles. The molecule has 0 aliphatic rings. The molecule has 0 atom stereocenters. The van der Waals surface area contributed by atoms with E-state index in [0.717, 1.165) is 6.07 Å². The van der Waals surface area contributed by atoms with Crippen molar-refractivity contribution in [3.63, 3.8) is 0 Å². The number of phenols is 1. The van der Waals surface area contributed by atoms with Crippen LogP contribution in [0.1, 0.15) is 5.56 Å². The molecule has 5 heteroatoms. The van der Waals surface area contributed by atoms with Crippen LogP contribution in [0.3, 0.4) is 0 Å². The number of methoxy groups -OCH3 is 1. The third kappa shape index (κ3) is 2.07. The smallest absolute Gasteiger partial charge is 0.163 e. The molecule has 1 rings (SSSR count). The topological polar surface area (TPSA) is 64.7 Å². The fourth-order valence-corrected chi connectivity index (χ4v) is 0.951. The monoisotopic (exact) mass is 187 g/mol. The molecule has 0 aromatic heterocycles. The first-order valence-corrected chi connectivity index (χ1v) is 3.56. The zero-order chi connectivity index (χ0) is 9.84. The summed E-state index contributed by atoms with van der Waals surface area (Å²) < 4.78 is 17.8. The van der Waals surface area contributed by atoms with Crippen molar-refractivity contribution in [1.82, 2.24) is 0 Å². The van der Waals surface area contributed by atoms with Crippen LogP contribution in [-0.4, -0.2) is 12.2 Å². The molecule has 0 unspecified atom stereocenters. The summed E-state index contributed by atoms with van der Waals surface area (Å²) in [4.78, 5) is 4.25. The lowest BCUT2D eigenvalue weighted by Crippen LogP contribution is -2.01. The maximum Gasteiger partial charge on any atom is 0.163 e. The second-order valence-electron chi connectivity index (χ2n) is 2.43. The van der Waals surface area contributed by atoms with Gasteiger partial charge in [-0.3, -0.25) is 4.84 Å². The van der Waals surface area contributed by atoms with Crippen molar-refractivity contribution in [2.45, 2.75) is 6.61 Å². The number of halogens is 1. The van der Waals surface area contributed by atoms with Crippen LogP contribution in [0.15, 0.2) is 12.1 Å². The lowest BCUT2D eigenvalue weighted by Gasteiger charge is -2.06. The standard InChI is InChI=1S/C8H10FNO3/c1-12-8-3-6(9)5(4-13-10)2-7(8)11/h2-3,11H,4,10H2,1H3. The summed E-state index contributed by atoms with van der Waals surface area (Å²) >= 11 is 0. The van der Waals surface area contributed by atoms with Gasteiger partial charge in [0.05, 0.1) is 13.7 Å². The predicted molar refractivity (Wildman–Crippen MR) is 43.6 cm³/mol. The van der Waals surface area contributed by atoms with Gasteiger partial charge in [0.2, 0.25) is 0 Å². The fourth-order valence-electron chi connectivity index (χ4n) is 0.951. The van der Waals surface area contributed by atoms with Crippen molar-refractivity contribution >= 4 is 0 Å². The van der Waals surface area contributed by atoms with Crippen molar-refractivity contribution in [2.75, 3.05) is 7.11 Å². The third-order valence-electron chi connectivity index (χ3n) is 1.59. The molecule has 0 radical (unpaired) electrons. The van der Waals surface area contributed by atoms with E-state index >= 15 is 0 Å². The van der Waals surface area contributed by atoms with Crippen LogP contribution in [0.2, 0.25) is 0 Å². The molecule has 4 nitrogen and oxygen atoms in total. The maximum absolute atomic E-state index is 13.1. The van der Waals surface area contributed by atoms with E-state index in [1.54, 1.807) is 0 Å². The Morgan fingerprint density at radius 2 is 2.23 bits per heavy atom. The van der Waals surface area contributed by atoms with Crippen LogP contribution in [0.25, 0.3) is 0 Å². The summed E-state index contributed by atoms with van der Waals surface area (Å²) in [7, 11) is 1.34. The Balaban J connectivity index is 3.05. The van der Waals surface area contributed by atoms with Gasteiger partial charge in [-0.1, -0.05) is 0 Å². The Hall–Kier alpha value is -1.33. The molecule has 0 heterocycles. The molecular formula is C8H10FNO3. The molecule has 0 spiro atoms. The van der Waals surface area contributed by atoms with Crippen molar-refractivity contribution in [1.29, 1.82) is 0 Å². The number of nitrogens with two attached hydrogens (primary N) is 1. The molecular weight excluding hydrogens is 177 g/mol. The lowest BCUT2D eigenvalue weighted by atomic mass is 10.2. The summed E-state index contributed by atoms with van der Waals surface area (Å²) in [5, 5.41) is 9.25. The van der Waals surface area contributed by atoms with Crippen molar-refractivity contribution in [3.8, 4) is 11.5 Å². The average molecular weight is 187 g/mol. The lowest BCUT2D eigenvalue weighted by molar-refractivity contribution is 0.121. The van der Waals surface area contributed by atoms with Crippen LogP contribution in [0.5, 0.6) is 11.5 Å². The largest absolute Gasteiger partial charge is 0.504 e. The summed E-state index contributed by atoms with van der Waals surface area (Å²) in [6.07, 6.45) is 0. The van der Waals surface area contributed by atoms with E-state index in [2.05, 4.69) is 4.84 Å². The third-order valence-corrected chi connectivity index (χ3v) is 1.59. The number of phenolic OH excluding ortho intramolecular Hbond substituents is 1. The number of hydrogen-bond acceptors (Lipinski definition) is 4. The van der Waals surface area contributed by atoms with Gasteiger partial charge in [-0.25, -0.2) is 10.3 Å². The normalized spacial score (nSPS) is 10.1. The Morgan fingerprint density at radius 3 is 2.77 bits per heavy atom. The van der Waals surface area contributed by atoms with Crippen LogP contribution in [-0.2, 0) is 11.4 Å². The molecule has 0 bridgehead atoms. The molecule has 1 aromatic rings. The first kappa shape index (κ1) is 9.76. The van der Waals surface area contributed by atoms with Gasteiger partial charge in [0.1, 0.15) is 5.82 Å². The van der Waals surface area contributed by atoms with E-state index in [1.165, 1.54) is 13.2 Å². The zero-order valence-electron chi connectivity index (χ0n) is 7.08. The minimum atomic E-state index is -0.528. The maximum atomic E-state index is 13.1. The van der Waals surface area contributed by atoms with Crippen molar-refractivity contribution in [3.05, 3.63) is 23.5 Å². The number of rotatable bonds is 3. The second-order valence-corrected chi connectivity index (χ2v) is 2.43. The molecule has 13 heavy (non-hydrogen) atoms. The van der Waals surface area contributed by atoms with E-state index in [9.17, 15) is 9.50 Å². The molecule has 0 saturated heterocycles. The van der Waals surface area contributed by atoms with E-state index < -0.39 is 5.82 Å². The summed E-state index contributed by atoms with van der Waals surface area (Å²) in [5.74, 6) is 4.18. The highest BCUT2D eigenvalue weighted by Crippen LogP contribution is 2.28. The van der Waals surface area contributed by atoms with Gasteiger partial charge in [-0.2, -0.15) is 0 Å². The van der Waals surface area contributed by atoms with Gasteiger partial charge in [-0.05, 0) is 6.07 Å². The predicted octanol–water partition coefficient (Wildman–Crippen LogP) is 0.930. The van der Waals surface area contributed by atoms with Crippen LogP contribution in [0.4, 0.5) is 4.39 Å². The van der Waals surface area contributed by atoms with Gasteiger partial charge in [0.15, 0.2) is 11.5 Å². The first-order valence-electron chi connectivity index (χ1n) is 3.56. The Morgan fingerprint density at radius 1 is 1.54 bits per heavy atom. The zero-order valence-corrected chi connectivity index (χ0v) is 7.08. The van der Waals surface area contributed by atoms with Crippen LogP contribution in [0, 0.1) is 5.82 Å². The minimum Gasteiger partial charge on any atom is -0.504 e. The molecule has 72 valence electrons. The van der Waals surface area contributed by atoms with Crippen LogP contribution >= 0.6 is 0 Å². The first-order chi connectivity index (χ1) is 6.19. The average Bonchev–Trinajstić information content (AvgIpc) is 2.11. The summed E-state index contributed by atoms with van der Waals surface area (Å²) in [6.45, 7) is -0.0939. The highest BCUT2D eigenvalue weighted by molar-refractivity contribution is 5.42. The second kappa shape index (κ2) is 4.06. The van der Waals surface area contributed by atoms with Crippen molar-refractivity contribution < 1.29 is 19.1 Å². The number of hydrogen-bond donors (Lipinski definition) is 2. The van der Waals surface area contributed by atoms with Crippen LogP contribution < -0.4 is 10.6 Å². The molecule has 0 aliphatic heterocycles. The SMILES string of the molecule is COc1cc(F)c(CON)cc1O. The quantitative estimate of drug-likeness (QED) is 0.691. The minimum absolute atomic E-state index is 0.0817. The van der Waals surface area contributed by atoms with E-state index in [0.29, 0.717) is 0 Å². The van der Waals surface area contributed by atoms with Gasteiger partial charge in [0.25, 0.3) is 0 Å². The Labute approximate surface area is 74.6 Å². The van der Waals surface area contributed by atoms with Gasteiger partial charge < -0.3 is 9.84 Å². The number of benzene rings is 1.